The van der Waals surface area contributed by atoms with Gasteiger partial charge in [-0.1, -0.05) is 48.2 Å². The molecule has 4 aromatic rings. The van der Waals surface area contributed by atoms with Crippen molar-refractivity contribution in [2.24, 2.45) is 0 Å². The van der Waals surface area contributed by atoms with Crippen LogP contribution < -0.4 is 5.32 Å². The predicted molar refractivity (Wildman–Crippen MR) is 105 cm³/mol. The molecule has 0 aliphatic carbocycles. The van der Waals surface area contributed by atoms with Crippen molar-refractivity contribution in [2.75, 3.05) is 11.1 Å². The Morgan fingerprint density at radius 1 is 1.00 bits per heavy atom. The summed E-state index contributed by atoms with van der Waals surface area (Å²) >= 11 is 1.29. The van der Waals surface area contributed by atoms with Crippen LogP contribution in [0.4, 0.5) is 5.69 Å². The van der Waals surface area contributed by atoms with Crippen LogP contribution in [-0.2, 0) is 4.79 Å². The maximum atomic E-state index is 12.5. The van der Waals surface area contributed by atoms with E-state index in [1.165, 1.54) is 11.8 Å². The Kier molecular flexibility index (Phi) is 4.34. The van der Waals surface area contributed by atoms with Crippen LogP contribution in [0.2, 0.25) is 0 Å². The van der Waals surface area contributed by atoms with Crippen LogP contribution in [-0.4, -0.2) is 21.6 Å². The van der Waals surface area contributed by atoms with Gasteiger partial charge < -0.3 is 9.73 Å². The number of nitrogens with one attached hydrogen (secondary N) is 1. The Morgan fingerprint density at radius 3 is 2.19 bits per heavy atom. The van der Waals surface area contributed by atoms with Crippen molar-refractivity contribution in [1.82, 2.24) is 9.97 Å². The largest absolute Gasteiger partial charge is 0.437 e. The van der Waals surface area contributed by atoms with Crippen LogP contribution in [0, 0.1) is 13.8 Å². The van der Waals surface area contributed by atoms with Crippen molar-refractivity contribution in [2.45, 2.75) is 19.1 Å². The summed E-state index contributed by atoms with van der Waals surface area (Å²) in [6.45, 7) is 3.75. The molecule has 0 saturated carbocycles. The minimum Gasteiger partial charge on any atom is -0.437 e. The molecular formula is C20H17N3O2S. The number of hydrogen-bond acceptors (Lipinski definition) is 5. The molecule has 130 valence electrons. The van der Waals surface area contributed by atoms with Gasteiger partial charge in [0.1, 0.15) is 5.76 Å². The van der Waals surface area contributed by atoms with Crippen LogP contribution in [0.1, 0.15) is 11.5 Å². The Bertz CT molecular complexity index is 1050. The highest BCUT2D eigenvalue weighted by Crippen LogP contribution is 2.31. The fourth-order valence-electron chi connectivity index (χ4n) is 2.78. The van der Waals surface area contributed by atoms with Gasteiger partial charge in [0.2, 0.25) is 5.91 Å². The number of fused-ring (bicyclic) bond motifs is 2. The van der Waals surface area contributed by atoms with Crippen molar-refractivity contribution in [1.29, 1.82) is 0 Å². The number of carbonyl (C=O) groups is 1. The number of rotatable bonds is 4. The van der Waals surface area contributed by atoms with Gasteiger partial charge in [0, 0.05) is 10.8 Å². The molecule has 5 nitrogen and oxygen atoms in total. The first-order valence-corrected chi connectivity index (χ1v) is 9.24. The first-order chi connectivity index (χ1) is 12.6. The molecule has 4 rings (SSSR count). The summed E-state index contributed by atoms with van der Waals surface area (Å²) in [5.41, 5.74) is 3.34. The summed E-state index contributed by atoms with van der Waals surface area (Å²) in [4.78, 5) is 21.5. The number of amides is 1. The third-order valence-electron chi connectivity index (χ3n) is 4.19. The van der Waals surface area contributed by atoms with Gasteiger partial charge >= 0.3 is 0 Å². The third-order valence-corrected chi connectivity index (χ3v) is 5.02. The lowest BCUT2D eigenvalue weighted by molar-refractivity contribution is -0.113. The van der Waals surface area contributed by atoms with E-state index >= 15 is 0 Å². The van der Waals surface area contributed by atoms with Crippen LogP contribution in [0.3, 0.4) is 0 Å². The number of anilines is 1. The number of hydrogen-bond donors (Lipinski definition) is 1. The average molecular weight is 363 g/mol. The zero-order valence-electron chi connectivity index (χ0n) is 14.4. The lowest BCUT2D eigenvalue weighted by Crippen LogP contribution is -2.14. The molecule has 0 saturated heterocycles. The molecule has 2 aromatic carbocycles. The van der Waals surface area contributed by atoms with Crippen LogP contribution in [0.15, 0.2) is 58.2 Å². The summed E-state index contributed by atoms with van der Waals surface area (Å²) in [5, 5.41) is 5.41. The van der Waals surface area contributed by atoms with Crippen molar-refractivity contribution in [3.05, 3.63) is 60.0 Å². The number of nitrogens with zero attached hydrogens (tertiary/aromatic N) is 2. The second-order valence-electron chi connectivity index (χ2n) is 5.98. The van der Waals surface area contributed by atoms with E-state index in [4.69, 9.17) is 4.42 Å². The highest BCUT2D eigenvalue weighted by Gasteiger charge is 2.13. The Hall–Kier alpha value is -2.86. The maximum Gasteiger partial charge on any atom is 0.256 e. The van der Waals surface area contributed by atoms with E-state index in [2.05, 4.69) is 15.3 Å². The quantitative estimate of drug-likeness (QED) is 0.419. The molecule has 2 heterocycles. The normalized spacial score (nSPS) is 11.2. The smallest absolute Gasteiger partial charge is 0.256 e. The second kappa shape index (κ2) is 6.80. The molecular weight excluding hydrogens is 346 g/mol. The lowest BCUT2D eigenvalue weighted by Gasteiger charge is -2.11. The topological polar surface area (TPSA) is 68.0 Å². The molecule has 0 bridgehead atoms. The minimum absolute atomic E-state index is 0.106. The number of thioether (sulfide) groups is 1. The van der Waals surface area contributed by atoms with Gasteiger partial charge in [0.15, 0.2) is 0 Å². The molecule has 6 heteroatoms. The van der Waals surface area contributed by atoms with Crippen molar-refractivity contribution < 1.29 is 9.21 Å². The van der Waals surface area contributed by atoms with Gasteiger partial charge in [-0.05, 0) is 26.0 Å². The fourth-order valence-corrected chi connectivity index (χ4v) is 3.49. The van der Waals surface area contributed by atoms with Crippen molar-refractivity contribution in [3.8, 4) is 0 Å². The first-order valence-electron chi connectivity index (χ1n) is 8.26. The summed E-state index contributed by atoms with van der Waals surface area (Å²) in [6.07, 6.45) is 0. The molecule has 1 amide bonds. The monoisotopic (exact) mass is 363 g/mol. The molecule has 26 heavy (non-hydrogen) atoms. The van der Waals surface area contributed by atoms with E-state index in [1.807, 2.05) is 62.4 Å². The summed E-state index contributed by atoms with van der Waals surface area (Å²) in [7, 11) is 0. The molecule has 0 radical (unpaired) electrons. The highest BCUT2D eigenvalue weighted by atomic mass is 32.2. The van der Waals surface area contributed by atoms with Crippen LogP contribution in [0.5, 0.6) is 0 Å². The van der Waals surface area contributed by atoms with Crippen LogP contribution >= 0.6 is 11.8 Å². The van der Waals surface area contributed by atoms with Gasteiger partial charge in [-0.2, -0.15) is 0 Å². The number of aryl methyl sites for hydroxylation is 2. The molecule has 2 aromatic heterocycles. The zero-order chi connectivity index (χ0) is 18.1. The number of pyridine rings is 1. The van der Waals surface area contributed by atoms with Gasteiger partial charge in [0.05, 0.1) is 28.2 Å². The predicted octanol–water partition coefficient (Wildman–Crippen LogP) is 4.72. The van der Waals surface area contributed by atoms with Crippen molar-refractivity contribution >= 4 is 45.2 Å². The molecule has 0 unspecified atom stereocenters. The summed E-state index contributed by atoms with van der Waals surface area (Å²) in [5.74, 6) is 0.897. The molecule has 0 fully saturated rings. The number of benzene rings is 2. The number of para-hydroxylation sites is 2. The van der Waals surface area contributed by atoms with E-state index in [9.17, 15) is 4.79 Å². The standard InChI is InChI=1S/C20H17N3O2S/c1-12-13(2)25-20(21-12)26-11-18(24)23-19-14-7-3-5-9-16(14)22-17-10-6-4-8-15(17)19/h3-10H,11H2,1-2H3,(H,22,23,24). The molecule has 1 N–H and O–H groups in total. The van der Waals surface area contributed by atoms with Gasteiger partial charge in [0.25, 0.3) is 5.22 Å². The molecule has 0 spiro atoms. The Balaban J connectivity index is 1.63. The molecule has 0 aliphatic rings. The average Bonchev–Trinajstić information content (AvgIpc) is 2.97. The number of oxazole rings is 1. The van der Waals surface area contributed by atoms with E-state index in [0.717, 1.165) is 38.9 Å². The summed E-state index contributed by atoms with van der Waals surface area (Å²) in [6, 6.07) is 15.6. The van der Waals surface area contributed by atoms with Gasteiger partial charge in [-0.25, -0.2) is 9.97 Å². The Morgan fingerprint density at radius 2 is 1.62 bits per heavy atom. The van der Waals surface area contributed by atoms with E-state index in [0.29, 0.717) is 5.22 Å². The van der Waals surface area contributed by atoms with Gasteiger partial charge in [-0.15, -0.1) is 0 Å². The van der Waals surface area contributed by atoms with Crippen LogP contribution in [0.25, 0.3) is 21.8 Å². The SMILES string of the molecule is Cc1nc(SCC(=O)Nc2c3ccccc3nc3ccccc23)oc1C. The maximum absolute atomic E-state index is 12.5. The summed E-state index contributed by atoms with van der Waals surface area (Å²) < 4.78 is 5.52. The number of aromatic nitrogens is 2. The second-order valence-corrected chi connectivity index (χ2v) is 6.91. The Labute approximate surface area is 154 Å². The first kappa shape index (κ1) is 16.6. The number of carbonyl (C=O) groups excluding carboxylic acids is 1. The minimum atomic E-state index is -0.106. The third kappa shape index (κ3) is 3.15. The lowest BCUT2D eigenvalue weighted by atomic mass is 10.1. The zero-order valence-corrected chi connectivity index (χ0v) is 15.3. The van der Waals surface area contributed by atoms with E-state index in [-0.39, 0.29) is 11.7 Å². The van der Waals surface area contributed by atoms with E-state index < -0.39 is 0 Å². The molecule has 0 aliphatic heterocycles. The van der Waals surface area contributed by atoms with Crippen molar-refractivity contribution in [3.63, 3.8) is 0 Å². The highest BCUT2D eigenvalue weighted by molar-refractivity contribution is 7.99. The molecule has 0 atom stereocenters. The van der Waals surface area contributed by atoms with E-state index in [1.54, 1.807) is 0 Å². The van der Waals surface area contributed by atoms with Gasteiger partial charge in [-0.3, -0.25) is 4.79 Å². The fraction of sp³-hybridized carbons (Fsp3) is 0.150.